The Kier molecular flexibility index (Phi) is 3.75. The van der Waals surface area contributed by atoms with Crippen molar-refractivity contribution in [2.24, 2.45) is 0 Å². The van der Waals surface area contributed by atoms with E-state index in [1.165, 1.54) is 19.1 Å². The number of aryl methyl sites for hydroxylation is 1. The molecule has 0 spiro atoms. The normalized spacial score (nSPS) is 10.6. The lowest BCUT2D eigenvalue weighted by molar-refractivity contribution is 0.103. The molecule has 0 saturated carbocycles. The quantitative estimate of drug-likeness (QED) is 0.746. The molecule has 0 bridgehead atoms. The largest absolute Gasteiger partial charge is 0.288 e. The van der Waals surface area contributed by atoms with E-state index in [4.69, 9.17) is 0 Å². The summed E-state index contributed by atoms with van der Waals surface area (Å²) in [5.41, 5.74) is -0.631. The third-order valence-corrected chi connectivity index (χ3v) is 3.09. The van der Waals surface area contributed by atoms with Gasteiger partial charge in [0, 0.05) is 10.0 Å². The molecule has 0 aliphatic carbocycles. The van der Waals surface area contributed by atoms with Gasteiger partial charge in [0.1, 0.15) is 17.5 Å². The third kappa shape index (κ3) is 2.71. The summed E-state index contributed by atoms with van der Waals surface area (Å²) in [6.45, 7) is 1.42. The maximum Gasteiger partial charge on any atom is 0.199 e. The van der Waals surface area contributed by atoms with E-state index < -0.39 is 28.8 Å². The van der Waals surface area contributed by atoms with Crippen LogP contribution >= 0.6 is 15.9 Å². The first-order valence-electron chi connectivity index (χ1n) is 5.35. The van der Waals surface area contributed by atoms with Crippen LogP contribution in [0.3, 0.4) is 0 Å². The van der Waals surface area contributed by atoms with Crippen molar-refractivity contribution in [1.29, 1.82) is 0 Å². The molecule has 5 heteroatoms. The third-order valence-electron chi connectivity index (χ3n) is 2.64. The van der Waals surface area contributed by atoms with E-state index in [0.29, 0.717) is 4.47 Å². The summed E-state index contributed by atoms with van der Waals surface area (Å²) >= 11 is 3.03. The van der Waals surface area contributed by atoms with Gasteiger partial charge in [0.25, 0.3) is 0 Å². The van der Waals surface area contributed by atoms with Gasteiger partial charge in [0.05, 0.1) is 5.56 Å². The number of carbonyl (C=O) groups excluding carboxylic acids is 1. The predicted octanol–water partition coefficient (Wildman–Crippen LogP) is 4.41. The lowest BCUT2D eigenvalue weighted by atomic mass is 10.00. The van der Waals surface area contributed by atoms with Crippen LogP contribution in [0.2, 0.25) is 0 Å². The second-order valence-corrected chi connectivity index (χ2v) is 4.96. The van der Waals surface area contributed by atoms with Crippen molar-refractivity contribution >= 4 is 21.7 Å². The maximum atomic E-state index is 13.8. The van der Waals surface area contributed by atoms with Crippen LogP contribution in [0.1, 0.15) is 21.5 Å². The van der Waals surface area contributed by atoms with Crippen molar-refractivity contribution in [1.82, 2.24) is 0 Å². The highest BCUT2D eigenvalue weighted by Gasteiger charge is 2.21. The van der Waals surface area contributed by atoms with E-state index in [9.17, 15) is 18.0 Å². The van der Waals surface area contributed by atoms with Crippen LogP contribution in [0.25, 0.3) is 0 Å². The summed E-state index contributed by atoms with van der Waals surface area (Å²) in [4.78, 5) is 12.1. The van der Waals surface area contributed by atoms with Gasteiger partial charge in [-0.3, -0.25) is 4.79 Å². The van der Waals surface area contributed by atoms with Crippen LogP contribution in [0, 0.1) is 24.4 Å². The minimum Gasteiger partial charge on any atom is -0.288 e. The summed E-state index contributed by atoms with van der Waals surface area (Å²) < 4.78 is 41.0. The number of carbonyl (C=O) groups is 1. The first-order chi connectivity index (χ1) is 8.90. The summed E-state index contributed by atoms with van der Waals surface area (Å²) in [5, 5.41) is 0. The number of rotatable bonds is 2. The maximum absolute atomic E-state index is 13.8. The Bertz CT molecular complexity index is 648. The number of halogens is 4. The van der Waals surface area contributed by atoms with Crippen molar-refractivity contribution in [3.63, 3.8) is 0 Å². The number of benzene rings is 2. The van der Waals surface area contributed by atoms with Gasteiger partial charge >= 0.3 is 0 Å². The fourth-order valence-electron chi connectivity index (χ4n) is 1.69. The van der Waals surface area contributed by atoms with Crippen LogP contribution in [0.5, 0.6) is 0 Å². The van der Waals surface area contributed by atoms with Crippen molar-refractivity contribution < 1.29 is 18.0 Å². The van der Waals surface area contributed by atoms with Crippen LogP contribution in [-0.4, -0.2) is 5.78 Å². The van der Waals surface area contributed by atoms with Gasteiger partial charge in [-0.15, -0.1) is 0 Å². The highest BCUT2D eigenvalue weighted by molar-refractivity contribution is 9.10. The molecule has 19 heavy (non-hydrogen) atoms. The molecule has 0 N–H and O–H groups in total. The van der Waals surface area contributed by atoms with E-state index in [0.717, 1.165) is 18.2 Å². The van der Waals surface area contributed by atoms with E-state index in [1.54, 1.807) is 0 Å². The monoisotopic (exact) mass is 328 g/mol. The molecule has 2 aromatic rings. The molecule has 0 aliphatic rings. The van der Waals surface area contributed by atoms with Gasteiger partial charge in [0.15, 0.2) is 5.78 Å². The highest BCUT2D eigenvalue weighted by atomic mass is 79.9. The molecule has 1 nitrogen and oxygen atoms in total. The Morgan fingerprint density at radius 3 is 2.42 bits per heavy atom. The van der Waals surface area contributed by atoms with Crippen LogP contribution in [0.15, 0.2) is 34.8 Å². The van der Waals surface area contributed by atoms with Crippen LogP contribution in [0.4, 0.5) is 13.2 Å². The minimum atomic E-state index is -0.964. The number of ketones is 1. The molecular weight excluding hydrogens is 321 g/mol. The Morgan fingerprint density at radius 1 is 1.11 bits per heavy atom. The Balaban J connectivity index is 2.59. The molecule has 0 fully saturated rings. The molecule has 0 aromatic heterocycles. The predicted molar refractivity (Wildman–Crippen MR) is 68.6 cm³/mol. The molecule has 98 valence electrons. The molecule has 0 saturated heterocycles. The SMILES string of the molecule is Cc1ccc(F)c(C(=O)c2cc(F)cc(Br)c2)c1F. The van der Waals surface area contributed by atoms with Gasteiger partial charge in [-0.25, -0.2) is 13.2 Å². The summed E-state index contributed by atoms with van der Waals surface area (Å²) in [6.07, 6.45) is 0. The Morgan fingerprint density at radius 2 is 1.79 bits per heavy atom. The summed E-state index contributed by atoms with van der Waals surface area (Å²) in [6, 6.07) is 5.66. The number of hydrogen-bond acceptors (Lipinski definition) is 1. The van der Waals surface area contributed by atoms with Gasteiger partial charge in [-0.05, 0) is 36.8 Å². The number of hydrogen-bond donors (Lipinski definition) is 0. The molecule has 0 radical (unpaired) electrons. The second kappa shape index (κ2) is 5.17. The minimum absolute atomic E-state index is 0.115. The fourth-order valence-corrected chi connectivity index (χ4v) is 2.16. The summed E-state index contributed by atoms with van der Waals surface area (Å²) in [5.74, 6) is -3.44. The van der Waals surface area contributed by atoms with Gasteiger partial charge < -0.3 is 0 Å². The molecule has 2 aromatic carbocycles. The van der Waals surface area contributed by atoms with E-state index in [1.807, 2.05) is 0 Å². The topological polar surface area (TPSA) is 17.1 Å². The van der Waals surface area contributed by atoms with Crippen molar-refractivity contribution in [2.75, 3.05) is 0 Å². The Hall–Kier alpha value is -1.62. The molecular formula is C14H8BrF3O. The van der Waals surface area contributed by atoms with Gasteiger partial charge in [0.2, 0.25) is 0 Å². The molecule has 0 unspecified atom stereocenters. The van der Waals surface area contributed by atoms with Crippen molar-refractivity contribution in [3.8, 4) is 0 Å². The molecule has 0 aliphatic heterocycles. The Labute approximate surface area is 116 Å². The molecule has 2 rings (SSSR count). The standard InChI is InChI=1S/C14H8BrF3O/c1-7-2-3-11(17)12(13(7)18)14(19)8-4-9(15)6-10(16)5-8/h2-6H,1H3. The highest BCUT2D eigenvalue weighted by Crippen LogP contribution is 2.22. The lowest BCUT2D eigenvalue weighted by Crippen LogP contribution is -2.09. The van der Waals surface area contributed by atoms with E-state index in [2.05, 4.69) is 15.9 Å². The lowest BCUT2D eigenvalue weighted by Gasteiger charge is -2.07. The molecule has 0 amide bonds. The summed E-state index contributed by atoms with van der Waals surface area (Å²) in [7, 11) is 0. The first-order valence-corrected chi connectivity index (χ1v) is 6.15. The second-order valence-electron chi connectivity index (χ2n) is 4.04. The molecule has 0 heterocycles. The van der Waals surface area contributed by atoms with Crippen molar-refractivity contribution in [3.05, 3.63) is 68.9 Å². The zero-order valence-corrected chi connectivity index (χ0v) is 11.4. The zero-order chi connectivity index (χ0) is 14.2. The van der Waals surface area contributed by atoms with Gasteiger partial charge in [-0.2, -0.15) is 0 Å². The van der Waals surface area contributed by atoms with Crippen molar-refractivity contribution in [2.45, 2.75) is 6.92 Å². The average Bonchev–Trinajstić information content (AvgIpc) is 2.33. The van der Waals surface area contributed by atoms with Gasteiger partial charge in [-0.1, -0.05) is 22.0 Å². The smallest absolute Gasteiger partial charge is 0.199 e. The zero-order valence-electron chi connectivity index (χ0n) is 9.81. The van der Waals surface area contributed by atoms with E-state index >= 15 is 0 Å². The van der Waals surface area contributed by atoms with Crippen LogP contribution < -0.4 is 0 Å². The average molecular weight is 329 g/mol. The fraction of sp³-hybridized carbons (Fsp3) is 0.0714. The van der Waals surface area contributed by atoms with Crippen LogP contribution in [-0.2, 0) is 0 Å². The molecule has 0 atom stereocenters. The first kappa shape index (κ1) is 13.8. The van der Waals surface area contributed by atoms with E-state index in [-0.39, 0.29) is 11.1 Å².